The van der Waals surface area contributed by atoms with Gasteiger partial charge in [0.25, 0.3) is 0 Å². The van der Waals surface area contributed by atoms with Crippen molar-refractivity contribution < 1.29 is 5.11 Å². The molecule has 1 aromatic carbocycles. The second-order valence-electron chi connectivity index (χ2n) is 4.70. The van der Waals surface area contributed by atoms with Crippen molar-refractivity contribution in [2.75, 3.05) is 6.54 Å². The van der Waals surface area contributed by atoms with E-state index in [1.807, 2.05) is 18.2 Å². The standard InChI is InChI=1S/C12H17NO/c1-12(2)9(7-13)11(12)8-5-3-4-6-10(8)14/h3-6,9,11,14H,7,13H2,1-2H3/t9-,11-/m1/s1. The van der Waals surface area contributed by atoms with Gasteiger partial charge in [0, 0.05) is 0 Å². The SMILES string of the molecule is CC1(C)[C@H](CN)[C@H]1c1ccccc1O. The molecule has 14 heavy (non-hydrogen) atoms. The summed E-state index contributed by atoms with van der Waals surface area (Å²) in [5.74, 6) is 1.34. The third-order valence-corrected chi connectivity index (χ3v) is 3.58. The van der Waals surface area contributed by atoms with Gasteiger partial charge >= 0.3 is 0 Å². The molecule has 2 atom stereocenters. The molecule has 0 aromatic heterocycles. The summed E-state index contributed by atoms with van der Waals surface area (Å²) in [5, 5.41) is 9.73. The summed E-state index contributed by atoms with van der Waals surface area (Å²) in [6, 6.07) is 7.57. The average Bonchev–Trinajstić information content (AvgIpc) is 2.69. The molecule has 3 N–H and O–H groups in total. The molecular formula is C12H17NO. The van der Waals surface area contributed by atoms with Crippen molar-refractivity contribution in [2.45, 2.75) is 19.8 Å². The van der Waals surface area contributed by atoms with Crippen LogP contribution >= 0.6 is 0 Å². The summed E-state index contributed by atoms with van der Waals surface area (Å²) < 4.78 is 0. The van der Waals surface area contributed by atoms with Crippen molar-refractivity contribution in [3.63, 3.8) is 0 Å². The minimum Gasteiger partial charge on any atom is -0.508 e. The van der Waals surface area contributed by atoms with Crippen molar-refractivity contribution in [3.05, 3.63) is 29.8 Å². The van der Waals surface area contributed by atoms with Crippen LogP contribution in [0.15, 0.2) is 24.3 Å². The van der Waals surface area contributed by atoms with Crippen LogP contribution in [0.3, 0.4) is 0 Å². The molecule has 0 spiro atoms. The van der Waals surface area contributed by atoms with E-state index in [4.69, 9.17) is 5.73 Å². The van der Waals surface area contributed by atoms with Crippen LogP contribution in [-0.4, -0.2) is 11.7 Å². The van der Waals surface area contributed by atoms with Crippen molar-refractivity contribution in [1.29, 1.82) is 0 Å². The number of rotatable bonds is 2. The maximum atomic E-state index is 9.73. The van der Waals surface area contributed by atoms with Gasteiger partial charge in [-0.3, -0.25) is 0 Å². The van der Waals surface area contributed by atoms with E-state index in [2.05, 4.69) is 13.8 Å². The van der Waals surface area contributed by atoms with Crippen LogP contribution in [0, 0.1) is 11.3 Å². The van der Waals surface area contributed by atoms with E-state index in [1.54, 1.807) is 6.07 Å². The van der Waals surface area contributed by atoms with Crippen LogP contribution < -0.4 is 5.73 Å². The molecule has 0 radical (unpaired) electrons. The minimum atomic E-state index is 0.244. The number of benzene rings is 1. The molecule has 0 heterocycles. The summed E-state index contributed by atoms with van der Waals surface area (Å²) in [5.41, 5.74) is 7.00. The molecule has 76 valence electrons. The zero-order valence-corrected chi connectivity index (χ0v) is 8.70. The predicted octanol–water partition coefficient (Wildman–Crippen LogP) is 2.09. The third-order valence-electron chi connectivity index (χ3n) is 3.58. The van der Waals surface area contributed by atoms with Gasteiger partial charge in [-0.25, -0.2) is 0 Å². The molecule has 2 heteroatoms. The quantitative estimate of drug-likeness (QED) is 0.752. The van der Waals surface area contributed by atoms with Gasteiger partial charge in [0.05, 0.1) is 0 Å². The fourth-order valence-corrected chi connectivity index (χ4v) is 2.55. The highest BCUT2D eigenvalue weighted by Crippen LogP contribution is 2.65. The number of aromatic hydroxyl groups is 1. The van der Waals surface area contributed by atoms with Crippen LogP contribution in [0.2, 0.25) is 0 Å². The molecule has 1 saturated carbocycles. The summed E-state index contributed by atoms with van der Waals surface area (Å²) >= 11 is 0. The first kappa shape index (κ1) is 9.53. The highest BCUT2D eigenvalue weighted by molar-refractivity contribution is 5.41. The molecule has 1 aromatic rings. The highest BCUT2D eigenvalue weighted by atomic mass is 16.3. The minimum absolute atomic E-state index is 0.244. The summed E-state index contributed by atoms with van der Waals surface area (Å²) in [6.07, 6.45) is 0. The van der Waals surface area contributed by atoms with Gasteiger partial charge in [-0.2, -0.15) is 0 Å². The van der Waals surface area contributed by atoms with Crippen LogP contribution in [0.5, 0.6) is 5.75 Å². The van der Waals surface area contributed by atoms with Gasteiger partial charge in [-0.1, -0.05) is 32.0 Å². The second kappa shape index (κ2) is 2.99. The Morgan fingerprint density at radius 1 is 1.36 bits per heavy atom. The van der Waals surface area contributed by atoms with Gasteiger partial charge < -0.3 is 10.8 Å². The van der Waals surface area contributed by atoms with Gasteiger partial charge in [0.15, 0.2) is 0 Å². The fraction of sp³-hybridized carbons (Fsp3) is 0.500. The molecule has 2 nitrogen and oxygen atoms in total. The zero-order chi connectivity index (χ0) is 10.3. The lowest BCUT2D eigenvalue weighted by molar-refractivity contribution is 0.464. The molecule has 2 rings (SSSR count). The molecule has 1 fully saturated rings. The second-order valence-corrected chi connectivity index (χ2v) is 4.70. The monoisotopic (exact) mass is 191 g/mol. The highest BCUT2D eigenvalue weighted by Gasteiger charge is 2.57. The van der Waals surface area contributed by atoms with Gasteiger partial charge in [-0.05, 0) is 35.4 Å². The average molecular weight is 191 g/mol. The maximum absolute atomic E-state index is 9.73. The Kier molecular flexibility index (Phi) is 2.04. The molecule has 0 amide bonds. The Morgan fingerprint density at radius 2 is 2.00 bits per heavy atom. The van der Waals surface area contributed by atoms with Gasteiger partial charge in [0.1, 0.15) is 5.75 Å². The Hall–Kier alpha value is -1.02. The van der Waals surface area contributed by atoms with Crippen molar-refractivity contribution in [1.82, 2.24) is 0 Å². The number of hydrogen-bond donors (Lipinski definition) is 2. The summed E-state index contributed by atoms with van der Waals surface area (Å²) in [7, 11) is 0. The summed E-state index contributed by atoms with van der Waals surface area (Å²) in [6.45, 7) is 5.12. The molecule has 0 aliphatic heterocycles. The normalized spacial score (nSPS) is 28.8. The van der Waals surface area contributed by atoms with E-state index >= 15 is 0 Å². The van der Waals surface area contributed by atoms with Gasteiger partial charge in [-0.15, -0.1) is 0 Å². The lowest BCUT2D eigenvalue weighted by atomic mass is 10.0. The summed E-state index contributed by atoms with van der Waals surface area (Å²) in [4.78, 5) is 0. The van der Waals surface area contributed by atoms with Crippen molar-refractivity contribution in [3.8, 4) is 5.75 Å². The van der Waals surface area contributed by atoms with E-state index in [0.29, 0.717) is 24.1 Å². The van der Waals surface area contributed by atoms with Crippen LogP contribution in [0.4, 0.5) is 0 Å². The largest absolute Gasteiger partial charge is 0.508 e. The third kappa shape index (κ3) is 1.22. The Labute approximate surface area is 84.7 Å². The zero-order valence-electron chi connectivity index (χ0n) is 8.70. The molecular weight excluding hydrogens is 174 g/mol. The van der Waals surface area contributed by atoms with Gasteiger partial charge in [0.2, 0.25) is 0 Å². The number of phenols is 1. The molecule has 0 saturated heterocycles. The van der Waals surface area contributed by atoms with Crippen molar-refractivity contribution >= 4 is 0 Å². The molecule has 0 unspecified atom stereocenters. The molecule has 1 aliphatic carbocycles. The molecule has 0 bridgehead atoms. The Morgan fingerprint density at radius 3 is 2.50 bits per heavy atom. The predicted molar refractivity (Wildman–Crippen MR) is 57.2 cm³/mol. The smallest absolute Gasteiger partial charge is 0.119 e. The van der Waals surface area contributed by atoms with E-state index in [1.165, 1.54) is 0 Å². The first-order chi connectivity index (χ1) is 6.59. The van der Waals surface area contributed by atoms with Crippen LogP contribution in [0.1, 0.15) is 25.3 Å². The Balaban J connectivity index is 2.31. The number of phenolic OH excluding ortho intramolecular Hbond substituents is 1. The topological polar surface area (TPSA) is 46.2 Å². The number of para-hydroxylation sites is 1. The van der Waals surface area contributed by atoms with E-state index in [0.717, 1.165) is 5.56 Å². The fourth-order valence-electron chi connectivity index (χ4n) is 2.55. The van der Waals surface area contributed by atoms with E-state index in [9.17, 15) is 5.11 Å². The maximum Gasteiger partial charge on any atom is 0.119 e. The number of hydrogen-bond acceptors (Lipinski definition) is 2. The number of nitrogens with two attached hydrogens (primary N) is 1. The van der Waals surface area contributed by atoms with E-state index < -0.39 is 0 Å². The lowest BCUT2D eigenvalue weighted by Crippen LogP contribution is -2.05. The Bertz CT molecular complexity index is 346. The first-order valence-corrected chi connectivity index (χ1v) is 5.07. The van der Waals surface area contributed by atoms with E-state index in [-0.39, 0.29) is 5.41 Å². The van der Waals surface area contributed by atoms with Crippen LogP contribution in [0.25, 0.3) is 0 Å². The van der Waals surface area contributed by atoms with Crippen LogP contribution in [-0.2, 0) is 0 Å². The first-order valence-electron chi connectivity index (χ1n) is 5.07. The molecule has 1 aliphatic rings. The van der Waals surface area contributed by atoms with Crippen molar-refractivity contribution in [2.24, 2.45) is 17.1 Å². The lowest BCUT2D eigenvalue weighted by Gasteiger charge is -2.04.